The molecule has 4 rings (SSSR count). The minimum Gasteiger partial charge on any atom is -0.465 e. The van der Waals surface area contributed by atoms with Gasteiger partial charge in [-0.3, -0.25) is 0 Å². The van der Waals surface area contributed by atoms with Gasteiger partial charge in [-0.05, 0) is 41.8 Å². The zero-order chi connectivity index (χ0) is 26.4. The molecule has 8 nitrogen and oxygen atoms in total. The van der Waals surface area contributed by atoms with Crippen molar-refractivity contribution in [1.82, 2.24) is 9.97 Å². The zero-order valence-corrected chi connectivity index (χ0v) is 21.7. The van der Waals surface area contributed by atoms with E-state index in [-0.39, 0.29) is 21.6 Å². The van der Waals surface area contributed by atoms with Crippen molar-refractivity contribution in [3.8, 4) is 11.3 Å². The molecule has 0 atom stereocenters. The number of nitrogens with zero attached hydrogens (tertiary/aromatic N) is 2. The van der Waals surface area contributed by atoms with Gasteiger partial charge in [0.05, 0.1) is 36.5 Å². The number of benzene rings is 3. The summed E-state index contributed by atoms with van der Waals surface area (Å²) in [4.78, 5) is 20.2. The summed E-state index contributed by atoms with van der Waals surface area (Å²) in [7, 11) is -2.91. The molecule has 3 aromatic carbocycles. The number of rotatable bonds is 9. The third-order valence-electron chi connectivity index (χ3n) is 5.47. The van der Waals surface area contributed by atoms with Crippen LogP contribution in [-0.4, -0.2) is 31.5 Å². The SMILES string of the molecule is COC(=O)c1cccc(S(=O)(=O)Nc2nc(Cl)cc(-c3c(C)cccc3COCc3ccccc3)n2)c1. The third kappa shape index (κ3) is 6.51. The molecule has 0 radical (unpaired) electrons. The van der Waals surface area contributed by atoms with Crippen LogP contribution in [0.1, 0.15) is 27.0 Å². The van der Waals surface area contributed by atoms with Gasteiger partial charge in [-0.2, -0.15) is 0 Å². The maximum atomic E-state index is 13.0. The smallest absolute Gasteiger partial charge is 0.337 e. The lowest BCUT2D eigenvalue weighted by Crippen LogP contribution is -2.16. The van der Waals surface area contributed by atoms with E-state index in [1.807, 2.05) is 55.5 Å². The van der Waals surface area contributed by atoms with E-state index in [0.29, 0.717) is 18.9 Å². The van der Waals surface area contributed by atoms with Gasteiger partial charge in [0.2, 0.25) is 5.95 Å². The van der Waals surface area contributed by atoms with Gasteiger partial charge in [0.1, 0.15) is 5.15 Å². The number of nitrogens with one attached hydrogen (secondary N) is 1. The van der Waals surface area contributed by atoms with Crippen LogP contribution in [0.15, 0.2) is 83.8 Å². The van der Waals surface area contributed by atoms with Crippen LogP contribution in [-0.2, 0) is 32.7 Å². The molecule has 0 amide bonds. The summed E-state index contributed by atoms with van der Waals surface area (Å²) in [6, 6.07) is 22.6. The van der Waals surface area contributed by atoms with Gasteiger partial charge >= 0.3 is 5.97 Å². The lowest BCUT2D eigenvalue weighted by atomic mass is 9.99. The quantitative estimate of drug-likeness (QED) is 0.225. The number of aromatic nitrogens is 2. The first kappa shape index (κ1) is 26.3. The van der Waals surface area contributed by atoms with E-state index in [9.17, 15) is 13.2 Å². The number of hydrogen-bond donors (Lipinski definition) is 1. The van der Waals surface area contributed by atoms with Crippen LogP contribution in [0.2, 0.25) is 5.15 Å². The summed E-state index contributed by atoms with van der Waals surface area (Å²) in [5, 5.41) is 0.0606. The van der Waals surface area contributed by atoms with Crippen molar-refractivity contribution in [2.24, 2.45) is 0 Å². The topological polar surface area (TPSA) is 107 Å². The largest absolute Gasteiger partial charge is 0.465 e. The molecule has 4 aromatic rings. The van der Waals surface area contributed by atoms with Crippen LogP contribution < -0.4 is 4.72 Å². The maximum Gasteiger partial charge on any atom is 0.337 e. The predicted octanol–water partition coefficient (Wildman–Crippen LogP) is 5.41. The number of anilines is 1. The van der Waals surface area contributed by atoms with E-state index in [1.165, 1.54) is 31.4 Å². The van der Waals surface area contributed by atoms with Crippen molar-refractivity contribution < 1.29 is 22.7 Å². The van der Waals surface area contributed by atoms with Crippen molar-refractivity contribution in [3.05, 3.63) is 106 Å². The molecule has 10 heteroatoms. The molecule has 0 aliphatic carbocycles. The number of hydrogen-bond acceptors (Lipinski definition) is 7. The van der Waals surface area contributed by atoms with Crippen molar-refractivity contribution in [1.29, 1.82) is 0 Å². The number of esters is 1. The molecule has 1 heterocycles. The normalized spacial score (nSPS) is 11.2. The van der Waals surface area contributed by atoms with Crippen LogP contribution >= 0.6 is 11.6 Å². The number of sulfonamides is 1. The van der Waals surface area contributed by atoms with E-state index in [0.717, 1.165) is 22.3 Å². The summed E-state index contributed by atoms with van der Waals surface area (Å²) < 4.78 is 39.0. The molecule has 0 spiro atoms. The second kappa shape index (κ2) is 11.5. The molecule has 0 bridgehead atoms. The summed E-state index contributed by atoms with van der Waals surface area (Å²) in [6.45, 7) is 2.68. The second-order valence-corrected chi connectivity index (χ2v) is 10.2. The summed E-state index contributed by atoms with van der Waals surface area (Å²) in [5.74, 6) is -0.856. The Labute approximate surface area is 220 Å². The minimum atomic E-state index is -4.12. The number of ether oxygens (including phenoxy) is 2. The first-order chi connectivity index (χ1) is 17.8. The Bertz CT molecular complexity index is 1530. The molecule has 1 N–H and O–H groups in total. The fourth-order valence-electron chi connectivity index (χ4n) is 3.75. The first-order valence-corrected chi connectivity index (χ1v) is 13.1. The molecule has 190 valence electrons. The molecule has 37 heavy (non-hydrogen) atoms. The lowest BCUT2D eigenvalue weighted by Gasteiger charge is -2.14. The lowest BCUT2D eigenvalue weighted by molar-refractivity contribution is 0.0600. The molecule has 0 aliphatic heterocycles. The molecular formula is C27H24ClN3O5S. The Hall–Kier alpha value is -3.79. The molecule has 0 saturated carbocycles. The van der Waals surface area contributed by atoms with E-state index < -0.39 is 16.0 Å². The standard InChI is InChI=1S/C27H24ClN3O5S/c1-18-8-6-12-21(17-36-16-19-9-4-3-5-10-19)25(18)23-15-24(28)30-27(29-23)31-37(33,34)22-13-7-11-20(14-22)26(32)35-2/h3-15H,16-17H2,1-2H3,(H,29,30,31). The maximum absolute atomic E-state index is 13.0. The van der Waals surface area contributed by atoms with Gasteiger partial charge in [0.15, 0.2) is 0 Å². The van der Waals surface area contributed by atoms with Gasteiger partial charge in [0, 0.05) is 11.6 Å². The van der Waals surface area contributed by atoms with Crippen LogP contribution in [0, 0.1) is 6.92 Å². The van der Waals surface area contributed by atoms with Crippen LogP contribution in [0.4, 0.5) is 5.95 Å². The highest BCUT2D eigenvalue weighted by Gasteiger charge is 2.20. The van der Waals surface area contributed by atoms with Gasteiger partial charge in [-0.1, -0.05) is 66.2 Å². The number of carbonyl (C=O) groups excluding carboxylic acids is 1. The Balaban J connectivity index is 1.62. The van der Waals surface area contributed by atoms with Gasteiger partial charge in [-0.25, -0.2) is 27.9 Å². The van der Waals surface area contributed by atoms with Gasteiger partial charge < -0.3 is 9.47 Å². The first-order valence-electron chi connectivity index (χ1n) is 11.2. The average molecular weight is 538 g/mol. The van der Waals surface area contributed by atoms with E-state index in [2.05, 4.69) is 19.4 Å². The van der Waals surface area contributed by atoms with Crippen molar-refractivity contribution in [2.45, 2.75) is 25.0 Å². The predicted molar refractivity (Wildman–Crippen MR) is 141 cm³/mol. The van der Waals surface area contributed by atoms with E-state index in [4.69, 9.17) is 16.3 Å². The highest BCUT2D eigenvalue weighted by molar-refractivity contribution is 7.92. The van der Waals surface area contributed by atoms with Gasteiger partial charge in [-0.15, -0.1) is 0 Å². The molecule has 0 saturated heterocycles. The molecule has 0 aliphatic rings. The van der Waals surface area contributed by atoms with Gasteiger partial charge in [0.25, 0.3) is 10.0 Å². The highest BCUT2D eigenvalue weighted by atomic mass is 35.5. The Kier molecular flexibility index (Phi) is 8.17. The van der Waals surface area contributed by atoms with Crippen LogP contribution in [0.5, 0.6) is 0 Å². The Morgan fingerprint density at radius 3 is 2.46 bits per heavy atom. The number of methoxy groups -OCH3 is 1. The van der Waals surface area contributed by atoms with Crippen molar-refractivity contribution in [3.63, 3.8) is 0 Å². The zero-order valence-electron chi connectivity index (χ0n) is 20.1. The molecule has 0 unspecified atom stereocenters. The average Bonchev–Trinajstić information content (AvgIpc) is 2.88. The summed E-state index contributed by atoms with van der Waals surface area (Å²) in [5.41, 5.74) is 4.14. The van der Waals surface area contributed by atoms with Crippen molar-refractivity contribution in [2.75, 3.05) is 11.8 Å². The van der Waals surface area contributed by atoms with Crippen LogP contribution in [0.25, 0.3) is 11.3 Å². The molecule has 0 fully saturated rings. The summed E-state index contributed by atoms with van der Waals surface area (Å²) >= 11 is 6.27. The summed E-state index contributed by atoms with van der Waals surface area (Å²) in [6.07, 6.45) is 0. The van der Waals surface area contributed by atoms with Crippen LogP contribution in [0.3, 0.4) is 0 Å². The molecule has 1 aromatic heterocycles. The fraction of sp³-hybridized carbons (Fsp3) is 0.148. The fourth-order valence-corrected chi connectivity index (χ4v) is 4.92. The number of aryl methyl sites for hydroxylation is 1. The van der Waals surface area contributed by atoms with E-state index >= 15 is 0 Å². The monoisotopic (exact) mass is 537 g/mol. The minimum absolute atomic E-state index is 0.0606. The Morgan fingerprint density at radius 1 is 0.946 bits per heavy atom. The number of carbonyl (C=O) groups is 1. The Morgan fingerprint density at radius 2 is 1.70 bits per heavy atom. The third-order valence-corrected chi connectivity index (χ3v) is 6.99. The van der Waals surface area contributed by atoms with E-state index in [1.54, 1.807) is 6.07 Å². The second-order valence-electron chi connectivity index (χ2n) is 8.11. The molecular weight excluding hydrogens is 514 g/mol. The highest BCUT2D eigenvalue weighted by Crippen LogP contribution is 2.30. The van der Waals surface area contributed by atoms with Crippen molar-refractivity contribution >= 4 is 33.5 Å². The number of halogens is 1.